The van der Waals surface area contributed by atoms with Crippen LogP contribution in [0.5, 0.6) is 0 Å². The number of carbonyl (C=O) groups excluding carboxylic acids is 1. The molecule has 0 spiro atoms. The second-order valence-corrected chi connectivity index (χ2v) is 3.84. The van der Waals surface area contributed by atoms with E-state index in [4.69, 9.17) is 11.2 Å². The van der Waals surface area contributed by atoms with E-state index in [1.54, 1.807) is 0 Å². The lowest BCUT2D eigenvalue weighted by molar-refractivity contribution is -0.132. The Labute approximate surface area is 97.3 Å². The molecule has 4 heteroatoms. The van der Waals surface area contributed by atoms with Gasteiger partial charge in [0.1, 0.15) is 0 Å². The van der Waals surface area contributed by atoms with Crippen molar-refractivity contribution in [2.75, 3.05) is 32.8 Å². The Bertz CT molecular complexity index is 252. The topological polar surface area (TPSA) is 41.6 Å². The van der Waals surface area contributed by atoms with Gasteiger partial charge in [-0.2, -0.15) is 0 Å². The predicted octanol–water partition coefficient (Wildman–Crippen LogP) is 0.237. The molecule has 0 atom stereocenters. The molecule has 0 aliphatic carbocycles. The maximum Gasteiger partial charge on any atom is 0.236 e. The molecule has 1 aliphatic rings. The number of piperidine rings is 1. The molecule has 0 aromatic rings. The highest BCUT2D eigenvalue weighted by atomic mass is 16.5. The largest absolute Gasteiger partial charge is 0.378 e. The van der Waals surface area contributed by atoms with Gasteiger partial charge in [0, 0.05) is 19.7 Å². The number of hydrogen-bond donors (Lipinski definition) is 1. The van der Waals surface area contributed by atoms with Gasteiger partial charge >= 0.3 is 0 Å². The van der Waals surface area contributed by atoms with Crippen LogP contribution in [-0.2, 0) is 9.53 Å². The summed E-state index contributed by atoms with van der Waals surface area (Å²) in [6, 6.07) is 0. The number of terminal acetylenes is 1. The Kier molecular flexibility index (Phi) is 5.91. The van der Waals surface area contributed by atoms with Crippen molar-refractivity contribution in [3.63, 3.8) is 0 Å². The molecule has 1 N–H and O–H groups in total. The van der Waals surface area contributed by atoms with Crippen LogP contribution in [0.3, 0.4) is 0 Å². The maximum atomic E-state index is 11.7. The standard InChI is InChI=1S/C12H20N2O2/c1-3-7-13-10-12(15)14-8-5-11(6-9-14)16-4-2/h1,11,13H,4-10H2,2H3. The minimum Gasteiger partial charge on any atom is -0.378 e. The second-order valence-electron chi connectivity index (χ2n) is 3.84. The van der Waals surface area contributed by atoms with E-state index >= 15 is 0 Å². The quantitative estimate of drug-likeness (QED) is 0.537. The first-order valence-corrected chi connectivity index (χ1v) is 5.81. The Morgan fingerprint density at radius 2 is 2.25 bits per heavy atom. The van der Waals surface area contributed by atoms with Crippen molar-refractivity contribution in [1.82, 2.24) is 10.2 Å². The number of amides is 1. The Morgan fingerprint density at radius 3 is 2.81 bits per heavy atom. The van der Waals surface area contributed by atoms with E-state index in [0.717, 1.165) is 32.5 Å². The van der Waals surface area contributed by atoms with Gasteiger partial charge in [-0.25, -0.2) is 0 Å². The molecule has 1 rings (SSSR count). The molecule has 1 aliphatic heterocycles. The van der Waals surface area contributed by atoms with Crippen molar-refractivity contribution in [1.29, 1.82) is 0 Å². The summed E-state index contributed by atoms with van der Waals surface area (Å²) in [5.41, 5.74) is 0. The third kappa shape index (κ3) is 4.21. The van der Waals surface area contributed by atoms with Crippen LogP contribution >= 0.6 is 0 Å². The van der Waals surface area contributed by atoms with Gasteiger partial charge in [-0.1, -0.05) is 5.92 Å². The summed E-state index contributed by atoms with van der Waals surface area (Å²) in [5.74, 6) is 2.58. The van der Waals surface area contributed by atoms with Gasteiger partial charge in [0.15, 0.2) is 0 Å². The van der Waals surface area contributed by atoms with Gasteiger partial charge < -0.3 is 9.64 Å². The lowest BCUT2D eigenvalue weighted by Gasteiger charge is -2.31. The fourth-order valence-electron chi connectivity index (χ4n) is 1.86. The van der Waals surface area contributed by atoms with E-state index in [-0.39, 0.29) is 5.91 Å². The Hall–Kier alpha value is -1.05. The molecule has 0 aromatic heterocycles. The van der Waals surface area contributed by atoms with E-state index in [1.165, 1.54) is 0 Å². The highest BCUT2D eigenvalue weighted by Crippen LogP contribution is 2.13. The van der Waals surface area contributed by atoms with Crippen LogP contribution in [0.1, 0.15) is 19.8 Å². The molecule has 90 valence electrons. The Balaban J connectivity index is 2.20. The zero-order chi connectivity index (χ0) is 11.8. The highest BCUT2D eigenvalue weighted by Gasteiger charge is 2.22. The van der Waals surface area contributed by atoms with Gasteiger partial charge in [0.25, 0.3) is 0 Å². The summed E-state index contributed by atoms with van der Waals surface area (Å²) in [4.78, 5) is 13.6. The fourth-order valence-corrected chi connectivity index (χ4v) is 1.86. The first-order chi connectivity index (χ1) is 7.77. The van der Waals surface area contributed by atoms with Crippen LogP contribution in [-0.4, -0.2) is 49.7 Å². The van der Waals surface area contributed by atoms with E-state index in [1.807, 2.05) is 11.8 Å². The van der Waals surface area contributed by atoms with E-state index in [9.17, 15) is 4.79 Å². The van der Waals surface area contributed by atoms with Gasteiger partial charge in [-0.3, -0.25) is 10.1 Å². The molecule has 4 nitrogen and oxygen atoms in total. The molecule has 0 saturated carbocycles. The second kappa shape index (κ2) is 7.26. The summed E-state index contributed by atoms with van der Waals surface area (Å²) in [7, 11) is 0. The molecule has 0 bridgehead atoms. The van der Waals surface area contributed by atoms with Crippen molar-refractivity contribution < 1.29 is 9.53 Å². The van der Waals surface area contributed by atoms with Gasteiger partial charge in [-0.05, 0) is 19.8 Å². The first-order valence-electron chi connectivity index (χ1n) is 5.81. The van der Waals surface area contributed by atoms with Crippen molar-refractivity contribution >= 4 is 5.91 Å². The molecule has 1 heterocycles. The molecule has 1 amide bonds. The van der Waals surface area contributed by atoms with Crippen LogP contribution in [0.25, 0.3) is 0 Å². The number of hydrogen-bond acceptors (Lipinski definition) is 3. The number of rotatable bonds is 5. The molecular formula is C12H20N2O2. The monoisotopic (exact) mass is 224 g/mol. The van der Waals surface area contributed by atoms with Crippen molar-refractivity contribution in [3.8, 4) is 12.3 Å². The zero-order valence-electron chi connectivity index (χ0n) is 9.87. The van der Waals surface area contributed by atoms with Gasteiger partial charge in [0.2, 0.25) is 5.91 Å². The van der Waals surface area contributed by atoms with Crippen molar-refractivity contribution in [2.45, 2.75) is 25.9 Å². The SMILES string of the molecule is C#CCNCC(=O)N1CCC(OCC)CC1. The molecule has 16 heavy (non-hydrogen) atoms. The summed E-state index contributed by atoms with van der Waals surface area (Å²) in [5, 5.41) is 2.91. The van der Waals surface area contributed by atoms with Crippen LogP contribution in [0.4, 0.5) is 0 Å². The minimum absolute atomic E-state index is 0.130. The summed E-state index contributed by atoms with van der Waals surface area (Å²) >= 11 is 0. The van der Waals surface area contributed by atoms with Crippen LogP contribution in [0.15, 0.2) is 0 Å². The minimum atomic E-state index is 0.130. The first kappa shape index (κ1) is 13.0. The average Bonchev–Trinajstić information content (AvgIpc) is 2.30. The van der Waals surface area contributed by atoms with E-state index < -0.39 is 0 Å². The lowest BCUT2D eigenvalue weighted by Crippen LogP contribution is -2.44. The predicted molar refractivity (Wildman–Crippen MR) is 62.9 cm³/mol. The normalized spacial score (nSPS) is 17.1. The van der Waals surface area contributed by atoms with E-state index in [0.29, 0.717) is 19.2 Å². The molecule has 0 radical (unpaired) electrons. The molecule has 1 saturated heterocycles. The fraction of sp³-hybridized carbons (Fsp3) is 0.750. The Morgan fingerprint density at radius 1 is 1.56 bits per heavy atom. The summed E-state index contributed by atoms with van der Waals surface area (Å²) in [6.45, 7) is 5.12. The highest BCUT2D eigenvalue weighted by molar-refractivity contribution is 5.78. The zero-order valence-corrected chi connectivity index (χ0v) is 9.87. The molecule has 0 unspecified atom stereocenters. The van der Waals surface area contributed by atoms with Crippen LogP contribution in [0.2, 0.25) is 0 Å². The smallest absolute Gasteiger partial charge is 0.236 e. The van der Waals surface area contributed by atoms with Gasteiger partial charge in [-0.15, -0.1) is 6.42 Å². The van der Waals surface area contributed by atoms with Crippen molar-refractivity contribution in [2.24, 2.45) is 0 Å². The van der Waals surface area contributed by atoms with Crippen molar-refractivity contribution in [3.05, 3.63) is 0 Å². The summed E-state index contributed by atoms with van der Waals surface area (Å²) in [6.07, 6.45) is 7.30. The molecular weight excluding hydrogens is 204 g/mol. The van der Waals surface area contributed by atoms with E-state index in [2.05, 4.69) is 11.2 Å². The number of carbonyl (C=O) groups is 1. The number of ether oxygens (including phenoxy) is 1. The van der Waals surface area contributed by atoms with Crippen LogP contribution in [0, 0.1) is 12.3 Å². The summed E-state index contributed by atoms with van der Waals surface area (Å²) < 4.78 is 5.53. The maximum absolute atomic E-state index is 11.7. The number of nitrogens with zero attached hydrogens (tertiary/aromatic N) is 1. The molecule has 1 fully saturated rings. The molecule has 0 aromatic carbocycles. The number of likely N-dealkylation sites (tertiary alicyclic amines) is 1. The third-order valence-electron chi connectivity index (χ3n) is 2.70. The third-order valence-corrected chi connectivity index (χ3v) is 2.70. The average molecular weight is 224 g/mol. The number of nitrogens with one attached hydrogen (secondary N) is 1. The van der Waals surface area contributed by atoms with Crippen LogP contribution < -0.4 is 5.32 Å². The van der Waals surface area contributed by atoms with Gasteiger partial charge in [0.05, 0.1) is 19.2 Å². The lowest BCUT2D eigenvalue weighted by atomic mass is 10.1.